The first-order chi connectivity index (χ1) is 6.06. The number of carboxylic acids is 1. The zero-order valence-corrected chi connectivity index (χ0v) is 8.08. The standard InChI is InChI=1S/C9H16O4/c1-7(10)5-8(3-4-13-2)6-9(11)12/h8H,3-6H2,1-2H3,(H,11,12). The van der Waals surface area contributed by atoms with Crippen LogP contribution in [0.2, 0.25) is 0 Å². The average Bonchev–Trinajstić information content (AvgIpc) is 1.98. The molecule has 0 aliphatic rings. The summed E-state index contributed by atoms with van der Waals surface area (Å²) < 4.78 is 4.83. The van der Waals surface area contributed by atoms with Gasteiger partial charge in [-0.3, -0.25) is 4.79 Å². The lowest BCUT2D eigenvalue weighted by Crippen LogP contribution is -2.13. The zero-order valence-electron chi connectivity index (χ0n) is 8.08. The van der Waals surface area contributed by atoms with Crippen molar-refractivity contribution in [2.75, 3.05) is 13.7 Å². The molecule has 0 fully saturated rings. The van der Waals surface area contributed by atoms with Gasteiger partial charge < -0.3 is 14.6 Å². The molecule has 4 nitrogen and oxygen atoms in total. The Morgan fingerprint density at radius 2 is 2.00 bits per heavy atom. The topological polar surface area (TPSA) is 63.6 Å². The number of ether oxygens (including phenoxy) is 1. The van der Waals surface area contributed by atoms with E-state index in [-0.39, 0.29) is 18.1 Å². The summed E-state index contributed by atoms with van der Waals surface area (Å²) in [6, 6.07) is 0. The molecular formula is C9H16O4. The smallest absolute Gasteiger partial charge is 0.303 e. The van der Waals surface area contributed by atoms with E-state index in [4.69, 9.17) is 9.84 Å². The van der Waals surface area contributed by atoms with Crippen molar-refractivity contribution >= 4 is 11.8 Å². The van der Waals surface area contributed by atoms with Gasteiger partial charge in [0, 0.05) is 26.6 Å². The first-order valence-electron chi connectivity index (χ1n) is 4.26. The van der Waals surface area contributed by atoms with Crippen LogP contribution in [0.25, 0.3) is 0 Å². The van der Waals surface area contributed by atoms with Gasteiger partial charge >= 0.3 is 5.97 Å². The number of ketones is 1. The van der Waals surface area contributed by atoms with Crippen LogP contribution < -0.4 is 0 Å². The lowest BCUT2D eigenvalue weighted by Gasteiger charge is -2.11. The monoisotopic (exact) mass is 188 g/mol. The molecule has 13 heavy (non-hydrogen) atoms. The summed E-state index contributed by atoms with van der Waals surface area (Å²) in [5, 5.41) is 8.54. The van der Waals surface area contributed by atoms with Crippen molar-refractivity contribution in [3.05, 3.63) is 0 Å². The third-order valence-electron chi connectivity index (χ3n) is 1.77. The Bertz CT molecular complexity index is 160. The van der Waals surface area contributed by atoms with E-state index < -0.39 is 5.97 Å². The van der Waals surface area contributed by atoms with Gasteiger partial charge in [0.15, 0.2) is 0 Å². The van der Waals surface area contributed by atoms with Crippen LogP contribution >= 0.6 is 0 Å². The fourth-order valence-corrected chi connectivity index (χ4v) is 1.21. The van der Waals surface area contributed by atoms with E-state index in [1.165, 1.54) is 6.92 Å². The Morgan fingerprint density at radius 3 is 2.38 bits per heavy atom. The molecule has 0 radical (unpaired) electrons. The molecule has 0 heterocycles. The van der Waals surface area contributed by atoms with E-state index in [0.717, 1.165) is 0 Å². The van der Waals surface area contributed by atoms with Crippen LogP contribution in [0, 0.1) is 5.92 Å². The van der Waals surface area contributed by atoms with Crippen molar-refractivity contribution in [3.63, 3.8) is 0 Å². The predicted molar refractivity (Wildman–Crippen MR) is 47.5 cm³/mol. The van der Waals surface area contributed by atoms with Crippen molar-refractivity contribution in [2.45, 2.75) is 26.2 Å². The Kier molecular flexibility index (Phi) is 6.14. The van der Waals surface area contributed by atoms with Crippen LogP contribution in [0.15, 0.2) is 0 Å². The van der Waals surface area contributed by atoms with Gasteiger partial charge in [-0.25, -0.2) is 0 Å². The molecular weight excluding hydrogens is 172 g/mol. The molecule has 0 aromatic carbocycles. The van der Waals surface area contributed by atoms with Crippen LogP contribution in [0.4, 0.5) is 0 Å². The lowest BCUT2D eigenvalue weighted by molar-refractivity contribution is -0.138. The van der Waals surface area contributed by atoms with Crippen LogP contribution in [0.5, 0.6) is 0 Å². The molecule has 76 valence electrons. The number of aliphatic carboxylic acids is 1. The van der Waals surface area contributed by atoms with Crippen molar-refractivity contribution in [1.29, 1.82) is 0 Å². The molecule has 0 saturated carbocycles. The first-order valence-corrected chi connectivity index (χ1v) is 4.26. The number of rotatable bonds is 7. The highest BCUT2D eigenvalue weighted by Gasteiger charge is 2.14. The van der Waals surface area contributed by atoms with Gasteiger partial charge in [-0.15, -0.1) is 0 Å². The van der Waals surface area contributed by atoms with E-state index in [1.54, 1.807) is 7.11 Å². The highest BCUT2D eigenvalue weighted by molar-refractivity contribution is 5.76. The predicted octanol–water partition coefficient (Wildman–Crippen LogP) is 1.09. The van der Waals surface area contributed by atoms with Gasteiger partial charge in [0.25, 0.3) is 0 Å². The minimum absolute atomic E-state index is 0.0300. The molecule has 0 aromatic heterocycles. The summed E-state index contributed by atoms with van der Waals surface area (Å²) in [6.45, 7) is 1.98. The Labute approximate surface area is 77.9 Å². The Balaban J connectivity index is 3.87. The van der Waals surface area contributed by atoms with Crippen molar-refractivity contribution in [1.82, 2.24) is 0 Å². The van der Waals surface area contributed by atoms with Gasteiger partial charge in [-0.1, -0.05) is 0 Å². The fraction of sp³-hybridized carbons (Fsp3) is 0.778. The van der Waals surface area contributed by atoms with E-state index in [1.807, 2.05) is 0 Å². The molecule has 1 unspecified atom stereocenters. The zero-order chi connectivity index (χ0) is 10.3. The Morgan fingerprint density at radius 1 is 1.38 bits per heavy atom. The lowest BCUT2D eigenvalue weighted by atomic mass is 9.96. The molecule has 0 amide bonds. The molecule has 0 aromatic rings. The van der Waals surface area contributed by atoms with Crippen molar-refractivity contribution in [2.24, 2.45) is 5.92 Å². The quantitative estimate of drug-likeness (QED) is 0.649. The van der Waals surface area contributed by atoms with Crippen LogP contribution in [0.3, 0.4) is 0 Å². The summed E-state index contributed by atoms with van der Waals surface area (Å²) in [5.74, 6) is -0.917. The minimum Gasteiger partial charge on any atom is -0.481 e. The molecule has 0 spiro atoms. The number of Topliss-reactive ketones (excluding diaryl/α,β-unsaturated/α-hetero) is 1. The van der Waals surface area contributed by atoms with Gasteiger partial charge in [0.2, 0.25) is 0 Å². The van der Waals surface area contributed by atoms with Gasteiger partial charge in [-0.05, 0) is 19.3 Å². The second-order valence-corrected chi connectivity index (χ2v) is 3.15. The van der Waals surface area contributed by atoms with Crippen LogP contribution in [-0.4, -0.2) is 30.6 Å². The summed E-state index contributed by atoms with van der Waals surface area (Å²) in [7, 11) is 1.56. The van der Waals surface area contributed by atoms with Crippen LogP contribution in [-0.2, 0) is 14.3 Å². The summed E-state index contributed by atoms with van der Waals surface area (Å²) in [6.07, 6.45) is 1.00. The molecule has 0 bridgehead atoms. The van der Waals surface area contributed by atoms with Crippen molar-refractivity contribution < 1.29 is 19.4 Å². The molecule has 0 rings (SSSR count). The van der Waals surface area contributed by atoms with E-state index >= 15 is 0 Å². The summed E-state index contributed by atoms with van der Waals surface area (Å²) in [5.41, 5.74) is 0. The second-order valence-electron chi connectivity index (χ2n) is 3.15. The molecule has 1 N–H and O–H groups in total. The second kappa shape index (κ2) is 6.60. The highest BCUT2D eigenvalue weighted by atomic mass is 16.5. The third kappa shape index (κ3) is 7.46. The largest absolute Gasteiger partial charge is 0.481 e. The first kappa shape index (κ1) is 12.1. The summed E-state index contributed by atoms with van der Waals surface area (Å²) in [4.78, 5) is 21.2. The van der Waals surface area contributed by atoms with Crippen molar-refractivity contribution in [3.8, 4) is 0 Å². The maximum atomic E-state index is 10.8. The third-order valence-corrected chi connectivity index (χ3v) is 1.77. The summed E-state index contributed by atoms with van der Waals surface area (Å²) >= 11 is 0. The molecule has 0 saturated heterocycles. The minimum atomic E-state index is -0.859. The molecule has 0 aliphatic heterocycles. The SMILES string of the molecule is COCCC(CC(C)=O)CC(=O)O. The number of hydrogen-bond acceptors (Lipinski definition) is 3. The van der Waals surface area contributed by atoms with Gasteiger partial charge in [0.05, 0.1) is 0 Å². The van der Waals surface area contributed by atoms with E-state index in [0.29, 0.717) is 19.4 Å². The average molecular weight is 188 g/mol. The Hall–Kier alpha value is -0.900. The van der Waals surface area contributed by atoms with Crippen LogP contribution in [0.1, 0.15) is 26.2 Å². The molecule has 0 aliphatic carbocycles. The van der Waals surface area contributed by atoms with E-state index in [2.05, 4.69) is 0 Å². The number of carbonyl (C=O) groups is 2. The number of hydrogen-bond donors (Lipinski definition) is 1. The highest BCUT2D eigenvalue weighted by Crippen LogP contribution is 2.13. The maximum Gasteiger partial charge on any atom is 0.303 e. The molecule has 4 heteroatoms. The fourth-order valence-electron chi connectivity index (χ4n) is 1.21. The van der Waals surface area contributed by atoms with E-state index in [9.17, 15) is 9.59 Å². The molecule has 1 atom stereocenters. The van der Waals surface area contributed by atoms with Gasteiger partial charge in [0.1, 0.15) is 5.78 Å². The van der Waals surface area contributed by atoms with Gasteiger partial charge in [-0.2, -0.15) is 0 Å². The maximum absolute atomic E-state index is 10.8. The number of methoxy groups -OCH3 is 1. The number of carboxylic acid groups (broad SMARTS) is 1. The number of carbonyl (C=O) groups excluding carboxylic acids is 1. The normalized spacial score (nSPS) is 12.5.